The molecule has 0 heterocycles. The molecule has 222 valence electrons. The van der Waals surface area contributed by atoms with Crippen molar-refractivity contribution in [2.24, 2.45) is 5.92 Å². The van der Waals surface area contributed by atoms with Gasteiger partial charge < -0.3 is 0 Å². The fourth-order valence-electron chi connectivity index (χ4n) is 5.01. The first-order valence-corrected chi connectivity index (χ1v) is 12.9. The van der Waals surface area contributed by atoms with Crippen LogP contribution in [-0.4, -0.2) is 33.7 Å². The van der Waals surface area contributed by atoms with Crippen LogP contribution in [0.1, 0.15) is 87.8 Å². The summed E-state index contributed by atoms with van der Waals surface area (Å²) in [5.74, 6) is 0.574. The van der Waals surface area contributed by atoms with Gasteiger partial charge in [0.05, 0.1) is 0 Å². The van der Waals surface area contributed by atoms with Crippen LogP contribution in [-0.2, 0) is 6.42 Å². The molecule has 1 aromatic rings. The maximum absolute atomic E-state index is 2.31. The molecule has 0 bridgehead atoms. The molecule has 6 aliphatic rings. The maximum atomic E-state index is 2.31. The number of benzene rings is 1. The van der Waals surface area contributed by atoms with Crippen LogP contribution in [0.15, 0.2) is 136 Å². The quantitative estimate of drug-likeness (QED) is 0.274. The second-order valence-corrected chi connectivity index (χ2v) is 10.0. The van der Waals surface area contributed by atoms with E-state index >= 15 is 0 Å². The van der Waals surface area contributed by atoms with E-state index in [4.69, 9.17) is 0 Å². The lowest BCUT2D eigenvalue weighted by atomic mass is 9.98. The Bertz CT molecular complexity index is 1270. The minimum absolute atomic E-state index is 0. The lowest BCUT2D eigenvalue weighted by molar-refractivity contribution is 1.02. The highest BCUT2D eigenvalue weighted by Gasteiger charge is 2.14. The van der Waals surface area contributed by atoms with Crippen molar-refractivity contribution in [1.82, 2.24) is 0 Å². The van der Waals surface area contributed by atoms with Crippen molar-refractivity contribution in [1.29, 1.82) is 0 Å². The molecule has 0 amide bonds. The second kappa shape index (κ2) is 24.3. The molecule has 0 fully saturated rings. The molecule has 0 N–H and O–H groups in total. The number of fused-ring (bicyclic) bond motifs is 2. The van der Waals surface area contributed by atoms with E-state index in [0.717, 1.165) is 6.42 Å². The zero-order valence-electron chi connectivity index (χ0n) is 24.0. The van der Waals surface area contributed by atoms with Crippen molar-refractivity contribution in [2.75, 3.05) is 0 Å². The van der Waals surface area contributed by atoms with E-state index in [-0.39, 0.29) is 63.4 Å². The van der Waals surface area contributed by atoms with Gasteiger partial charge in [0.2, 0.25) is 0 Å². The maximum Gasteiger partial charge on any atom is 0.0207 e. The van der Waals surface area contributed by atoms with Crippen LogP contribution >= 0.6 is 0 Å². The molecule has 0 saturated carbocycles. The normalized spacial score (nSPS) is 17.3. The molecule has 4 heteroatoms. The van der Waals surface area contributed by atoms with Crippen LogP contribution in [0.25, 0.3) is 6.08 Å². The molecule has 6 aliphatic carbocycles. The summed E-state index contributed by atoms with van der Waals surface area (Å²) in [7, 11) is 0. The minimum Gasteiger partial charge on any atom is -0.0805 e. The third-order valence-corrected chi connectivity index (χ3v) is 6.96. The van der Waals surface area contributed by atoms with Gasteiger partial charge in [-0.15, -0.1) is 0 Å². The van der Waals surface area contributed by atoms with E-state index in [9.17, 15) is 0 Å². The average molecular weight is 566 g/mol. The number of hydrogen-bond donors (Lipinski definition) is 0. The van der Waals surface area contributed by atoms with E-state index in [1.165, 1.54) is 58.3 Å². The SMILES string of the molecule is C.C.C.C.CC1=CC2C=CC=CC2=C1.CC1=CC=CC1.CC1=CCC2=C1CC=C2.CC1=Cc2ccccc2C1.[B].[B].[B].[B]. The lowest BCUT2D eigenvalue weighted by Crippen LogP contribution is -1.92. The van der Waals surface area contributed by atoms with Crippen molar-refractivity contribution in [3.05, 3.63) is 147 Å². The molecule has 1 aromatic carbocycles. The summed E-state index contributed by atoms with van der Waals surface area (Å²) in [5, 5.41) is 0. The summed E-state index contributed by atoms with van der Waals surface area (Å²) < 4.78 is 0. The smallest absolute Gasteiger partial charge is 0.0207 e. The summed E-state index contributed by atoms with van der Waals surface area (Å²) in [4.78, 5) is 0. The van der Waals surface area contributed by atoms with Gasteiger partial charge in [-0.25, -0.2) is 0 Å². The topological polar surface area (TPSA) is 0 Å². The van der Waals surface area contributed by atoms with Gasteiger partial charge in [-0.1, -0.05) is 155 Å². The molecule has 43 heavy (non-hydrogen) atoms. The molecule has 1 atom stereocenters. The van der Waals surface area contributed by atoms with Crippen molar-refractivity contribution in [2.45, 2.75) is 83.1 Å². The van der Waals surface area contributed by atoms with Crippen LogP contribution in [0.3, 0.4) is 0 Å². The monoisotopic (exact) mass is 566 g/mol. The zero-order valence-corrected chi connectivity index (χ0v) is 24.0. The standard InChI is InChI=1S/2C10H10.C9H10.C6H8.4CH4.4B/c2*1-8-6-9-4-2-3-5-10(9)7-8;1-7-5-6-8-3-2-4-9(7)8;1-6-4-2-3-5-6;;;;;;;;/h2-6H,7H2,1H3;2-7,9H,1H3;2-3,5H,4,6H2,1H3;2-4H,5H2,1H3;4*1H4;;;;. The van der Waals surface area contributed by atoms with Crippen LogP contribution in [0.4, 0.5) is 0 Å². The van der Waals surface area contributed by atoms with Crippen LogP contribution in [0.2, 0.25) is 0 Å². The van der Waals surface area contributed by atoms with Gasteiger partial charge in [-0.3, -0.25) is 0 Å². The third kappa shape index (κ3) is 14.3. The molecule has 7 rings (SSSR count). The van der Waals surface area contributed by atoms with Gasteiger partial charge in [0, 0.05) is 39.6 Å². The van der Waals surface area contributed by atoms with Gasteiger partial charge >= 0.3 is 0 Å². The van der Waals surface area contributed by atoms with Crippen molar-refractivity contribution in [3.63, 3.8) is 0 Å². The molecule has 0 aromatic heterocycles. The molecule has 1 unspecified atom stereocenters. The highest BCUT2D eigenvalue weighted by atomic mass is 14.2. The van der Waals surface area contributed by atoms with Crippen molar-refractivity contribution in [3.8, 4) is 0 Å². The highest BCUT2D eigenvalue weighted by Crippen LogP contribution is 2.33. The molecule has 0 nitrogen and oxygen atoms in total. The summed E-state index contributed by atoms with van der Waals surface area (Å²) in [6.45, 7) is 8.67. The summed E-state index contributed by atoms with van der Waals surface area (Å²) in [6, 6.07) is 8.56. The highest BCUT2D eigenvalue weighted by molar-refractivity contribution is 5.76. The fraction of sp³-hybridized carbons (Fsp3) is 0.333. The fourth-order valence-corrected chi connectivity index (χ4v) is 5.01. The van der Waals surface area contributed by atoms with Gasteiger partial charge in [0.15, 0.2) is 0 Å². The molecule has 0 saturated heterocycles. The Kier molecular flexibility index (Phi) is 28.0. The van der Waals surface area contributed by atoms with E-state index in [0.29, 0.717) is 5.92 Å². The van der Waals surface area contributed by atoms with Crippen LogP contribution < -0.4 is 0 Å². The number of hydrogen-bond acceptors (Lipinski definition) is 0. The van der Waals surface area contributed by atoms with Gasteiger partial charge in [0.25, 0.3) is 0 Å². The Balaban J connectivity index is -0.000000142. The molecular weight excluding hydrogens is 512 g/mol. The van der Waals surface area contributed by atoms with E-state index in [1.54, 1.807) is 11.1 Å². The van der Waals surface area contributed by atoms with Crippen LogP contribution in [0, 0.1) is 5.92 Å². The van der Waals surface area contributed by atoms with Gasteiger partial charge in [0.1, 0.15) is 0 Å². The van der Waals surface area contributed by atoms with Crippen molar-refractivity contribution >= 4 is 39.7 Å². The lowest BCUT2D eigenvalue weighted by Gasteiger charge is -2.06. The van der Waals surface area contributed by atoms with Crippen LogP contribution in [0.5, 0.6) is 0 Å². The van der Waals surface area contributed by atoms with E-state index < -0.39 is 0 Å². The van der Waals surface area contributed by atoms with E-state index in [1.807, 2.05) is 0 Å². The second-order valence-electron chi connectivity index (χ2n) is 10.0. The van der Waals surface area contributed by atoms with Gasteiger partial charge in [-0.05, 0) is 81.2 Å². The zero-order chi connectivity index (χ0) is 24.6. The Hall–Kier alpha value is -3.12. The average Bonchev–Trinajstić information content (AvgIpc) is 3.65. The molecule has 12 radical (unpaired) electrons. The minimum atomic E-state index is 0. The predicted molar refractivity (Wildman–Crippen MR) is 204 cm³/mol. The first-order chi connectivity index (χ1) is 17.0. The summed E-state index contributed by atoms with van der Waals surface area (Å²) >= 11 is 0. The first kappa shape index (κ1) is 49.6. The Morgan fingerprint density at radius 1 is 0.674 bits per heavy atom. The first-order valence-electron chi connectivity index (χ1n) is 12.9. The third-order valence-electron chi connectivity index (χ3n) is 6.96. The number of rotatable bonds is 0. The molecule has 0 spiro atoms. The largest absolute Gasteiger partial charge is 0.0805 e. The molecule has 0 aliphatic heterocycles. The van der Waals surface area contributed by atoms with Gasteiger partial charge in [-0.2, -0.15) is 0 Å². The Morgan fingerprint density at radius 3 is 1.93 bits per heavy atom. The summed E-state index contributed by atoms with van der Waals surface area (Å²) in [6.07, 6.45) is 33.3. The Labute approximate surface area is 275 Å². The number of allylic oxidation sites excluding steroid dienone is 19. The van der Waals surface area contributed by atoms with Crippen molar-refractivity contribution < 1.29 is 0 Å². The van der Waals surface area contributed by atoms with E-state index in [2.05, 4.69) is 131 Å². The molecular formula is C39H54B4. The Morgan fingerprint density at radius 2 is 1.37 bits per heavy atom. The summed E-state index contributed by atoms with van der Waals surface area (Å²) in [5.41, 5.74) is 13.3. The predicted octanol–water partition coefficient (Wildman–Crippen LogP) is 10.8.